The maximum absolute atomic E-state index is 12.1. The van der Waals surface area contributed by atoms with E-state index in [0.717, 1.165) is 6.54 Å². The molecule has 0 aliphatic rings. The first-order valence-electron chi connectivity index (χ1n) is 6.35. The lowest BCUT2D eigenvalue weighted by molar-refractivity contribution is -0.131. The molecule has 1 unspecified atom stereocenters. The van der Waals surface area contributed by atoms with Crippen LogP contribution in [0.4, 0.5) is 0 Å². The fraction of sp³-hybridized carbons (Fsp3) is 0.643. The molecule has 1 heterocycles. The fourth-order valence-electron chi connectivity index (χ4n) is 1.66. The van der Waals surface area contributed by atoms with E-state index in [1.807, 2.05) is 23.4 Å². The number of hydrogen-bond donors (Lipinski definition) is 1. The Balaban J connectivity index is 2.42. The number of amides is 1. The van der Waals surface area contributed by atoms with Crippen LogP contribution in [0.2, 0.25) is 0 Å². The van der Waals surface area contributed by atoms with Gasteiger partial charge in [-0.25, -0.2) is 0 Å². The SMILES string of the molecule is CC(c1cccs1)N(C)C(=O)CCNC(C)(C)C. The predicted octanol–water partition coefficient (Wildman–Crippen LogP) is 3.05. The van der Waals surface area contributed by atoms with Crippen LogP contribution in [0, 0.1) is 0 Å². The Hall–Kier alpha value is -0.870. The second-order valence-electron chi connectivity index (χ2n) is 5.62. The van der Waals surface area contributed by atoms with Crippen LogP contribution in [-0.2, 0) is 4.79 Å². The minimum Gasteiger partial charge on any atom is -0.338 e. The van der Waals surface area contributed by atoms with Crippen molar-refractivity contribution >= 4 is 17.2 Å². The van der Waals surface area contributed by atoms with Crippen molar-refractivity contribution in [2.45, 2.75) is 45.7 Å². The first-order valence-corrected chi connectivity index (χ1v) is 7.23. The Kier molecular flexibility index (Phi) is 5.35. The highest BCUT2D eigenvalue weighted by Crippen LogP contribution is 2.23. The highest BCUT2D eigenvalue weighted by Gasteiger charge is 2.18. The molecule has 3 nitrogen and oxygen atoms in total. The van der Waals surface area contributed by atoms with Gasteiger partial charge in [0.15, 0.2) is 0 Å². The highest BCUT2D eigenvalue weighted by molar-refractivity contribution is 7.10. The second-order valence-corrected chi connectivity index (χ2v) is 6.60. The van der Waals surface area contributed by atoms with Gasteiger partial charge >= 0.3 is 0 Å². The summed E-state index contributed by atoms with van der Waals surface area (Å²) in [5.41, 5.74) is 0.0677. The van der Waals surface area contributed by atoms with Crippen molar-refractivity contribution in [2.75, 3.05) is 13.6 Å². The molecule has 1 rings (SSSR count). The van der Waals surface area contributed by atoms with Gasteiger partial charge in [-0.05, 0) is 39.1 Å². The monoisotopic (exact) mass is 268 g/mol. The minimum absolute atomic E-state index is 0.0677. The van der Waals surface area contributed by atoms with E-state index >= 15 is 0 Å². The lowest BCUT2D eigenvalue weighted by atomic mass is 10.1. The largest absolute Gasteiger partial charge is 0.338 e. The molecule has 0 fully saturated rings. The van der Waals surface area contributed by atoms with E-state index in [0.29, 0.717) is 6.42 Å². The van der Waals surface area contributed by atoms with Crippen LogP contribution in [0.1, 0.15) is 45.0 Å². The van der Waals surface area contributed by atoms with Crippen molar-refractivity contribution in [1.29, 1.82) is 0 Å². The topological polar surface area (TPSA) is 32.3 Å². The molecule has 0 radical (unpaired) electrons. The van der Waals surface area contributed by atoms with Crippen LogP contribution in [0.5, 0.6) is 0 Å². The Morgan fingerprint density at radius 3 is 2.67 bits per heavy atom. The van der Waals surface area contributed by atoms with E-state index in [9.17, 15) is 4.79 Å². The third-order valence-corrected chi connectivity index (χ3v) is 3.97. The van der Waals surface area contributed by atoms with Crippen molar-refractivity contribution in [2.24, 2.45) is 0 Å². The first kappa shape index (κ1) is 15.2. The smallest absolute Gasteiger partial charge is 0.224 e. The second kappa shape index (κ2) is 6.34. The van der Waals surface area contributed by atoms with Crippen molar-refractivity contribution in [3.8, 4) is 0 Å². The minimum atomic E-state index is 0.0677. The average molecular weight is 268 g/mol. The van der Waals surface area contributed by atoms with Crippen molar-refractivity contribution in [3.63, 3.8) is 0 Å². The summed E-state index contributed by atoms with van der Waals surface area (Å²) >= 11 is 1.70. The van der Waals surface area contributed by atoms with Crippen molar-refractivity contribution < 1.29 is 4.79 Å². The lowest BCUT2D eigenvalue weighted by Crippen LogP contribution is -2.39. The van der Waals surface area contributed by atoms with Crippen LogP contribution in [0.3, 0.4) is 0 Å². The molecule has 0 saturated heterocycles. The maximum Gasteiger partial charge on any atom is 0.224 e. The zero-order valence-corrected chi connectivity index (χ0v) is 12.8. The molecule has 102 valence electrons. The molecule has 1 aromatic rings. The molecular weight excluding hydrogens is 244 g/mol. The van der Waals surface area contributed by atoms with Gasteiger partial charge in [0.25, 0.3) is 0 Å². The number of nitrogens with one attached hydrogen (secondary N) is 1. The molecule has 0 aliphatic heterocycles. The number of nitrogens with zero attached hydrogens (tertiary/aromatic N) is 1. The summed E-state index contributed by atoms with van der Waals surface area (Å²) < 4.78 is 0. The molecule has 0 saturated carbocycles. The first-order chi connectivity index (χ1) is 8.31. The van der Waals surface area contributed by atoms with Gasteiger partial charge in [0, 0.05) is 30.4 Å². The maximum atomic E-state index is 12.1. The summed E-state index contributed by atoms with van der Waals surface area (Å²) in [6.45, 7) is 9.12. The molecule has 1 N–H and O–H groups in total. The molecule has 0 spiro atoms. The Bertz CT molecular complexity index is 368. The van der Waals surface area contributed by atoms with Crippen LogP contribution < -0.4 is 5.32 Å². The van der Waals surface area contributed by atoms with Gasteiger partial charge in [0.05, 0.1) is 6.04 Å². The molecule has 1 amide bonds. The number of carbonyl (C=O) groups is 1. The zero-order chi connectivity index (χ0) is 13.8. The quantitative estimate of drug-likeness (QED) is 0.890. The van der Waals surface area contributed by atoms with Crippen LogP contribution >= 0.6 is 11.3 Å². The fourth-order valence-corrected chi connectivity index (χ4v) is 2.48. The van der Waals surface area contributed by atoms with E-state index in [4.69, 9.17) is 0 Å². The van der Waals surface area contributed by atoms with Gasteiger partial charge in [-0.3, -0.25) is 4.79 Å². The molecule has 4 heteroatoms. The third-order valence-electron chi connectivity index (χ3n) is 2.92. The lowest BCUT2D eigenvalue weighted by Gasteiger charge is -2.25. The van der Waals surface area contributed by atoms with E-state index in [1.54, 1.807) is 11.3 Å². The summed E-state index contributed by atoms with van der Waals surface area (Å²) in [5, 5.41) is 5.38. The average Bonchev–Trinajstić information content (AvgIpc) is 2.78. The van der Waals surface area contributed by atoms with E-state index < -0.39 is 0 Å². The Morgan fingerprint density at radius 1 is 1.50 bits per heavy atom. The molecular formula is C14H24N2OS. The van der Waals surface area contributed by atoms with Crippen LogP contribution in [-0.4, -0.2) is 29.9 Å². The van der Waals surface area contributed by atoms with Gasteiger partial charge in [-0.2, -0.15) is 0 Å². The highest BCUT2D eigenvalue weighted by atomic mass is 32.1. The molecule has 1 aromatic heterocycles. The summed E-state index contributed by atoms with van der Waals surface area (Å²) in [6.07, 6.45) is 0.545. The van der Waals surface area contributed by atoms with E-state index in [-0.39, 0.29) is 17.5 Å². The molecule has 0 bridgehead atoms. The van der Waals surface area contributed by atoms with Gasteiger partial charge < -0.3 is 10.2 Å². The normalized spacial score (nSPS) is 13.4. The number of thiophene rings is 1. The van der Waals surface area contributed by atoms with Crippen molar-refractivity contribution in [1.82, 2.24) is 10.2 Å². The van der Waals surface area contributed by atoms with Gasteiger partial charge in [-0.1, -0.05) is 6.07 Å². The zero-order valence-electron chi connectivity index (χ0n) is 12.0. The summed E-state index contributed by atoms with van der Waals surface area (Å²) in [6, 6.07) is 4.26. The molecule has 1 atom stereocenters. The summed E-state index contributed by atoms with van der Waals surface area (Å²) in [5.74, 6) is 0.188. The number of carbonyl (C=O) groups excluding carboxylic acids is 1. The molecule has 0 aromatic carbocycles. The van der Waals surface area contributed by atoms with Crippen LogP contribution in [0.15, 0.2) is 17.5 Å². The van der Waals surface area contributed by atoms with Crippen molar-refractivity contribution in [3.05, 3.63) is 22.4 Å². The number of hydrogen-bond acceptors (Lipinski definition) is 3. The van der Waals surface area contributed by atoms with Gasteiger partial charge in [0.2, 0.25) is 5.91 Å². The summed E-state index contributed by atoms with van der Waals surface area (Å²) in [7, 11) is 1.88. The standard InChI is InChI=1S/C14H24N2OS/c1-11(12-7-6-10-18-12)16(5)13(17)8-9-15-14(2,3)4/h6-7,10-11,15H,8-9H2,1-5H3. The van der Waals surface area contributed by atoms with Gasteiger partial charge in [0.1, 0.15) is 0 Å². The summed E-state index contributed by atoms with van der Waals surface area (Å²) in [4.78, 5) is 15.1. The number of rotatable bonds is 5. The molecule has 0 aliphatic carbocycles. The third kappa shape index (κ3) is 4.78. The predicted molar refractivity (Wildman–Crippen MR) is 77.9 cm³/mol. The molecule has 18 heavy (non-hydrogen) atoms. The Morgan fingerprint density at radius 2 is 2.17 bits per heavy atom. The van der Waals surface area contributed by atoms with E-state index in [1.165, 1.54) is 4.88 Å². The van der Waals surface area contributed by atoms with Gasteiger partial charge in [-0.15, -0.1) is 11.3 Å². The Labute approximate surface area is 114 Å². The van der Waals surface area contributed by atoms with E-state index in [2.05, 4.69) is 39.1 Å². The van der Waals surface area contributed by atoms with Crippen LogP contribution in [0.25, 0.3) is 0 Å².